The molecule has 1 fully saturated rings. The van der Waals surface area contributed by atoms with E-state index in [1.54, 1.807) is 0 Å². The molecule has 0 saturated carbocycles. The van der Waals surface area contributed by atoms with Gasteiger partial charge in [0.1, 0.15) is 5.75 Å². The summed E-state index contributed by atoms with van der Waals surface area (Å²) in [5.74, 6) is 0.677. The zero-order valence-electron chi connectivity index (χ0n) is 17.8. The average molecular weight is 395 g/mol. The fourth-order valence-corrected chi connectivity index (χ4v) is 3.73. The molecular weight excluding hydrogens is 360 g/mol. The lowest BCUT2D eigenvalue weighted by atomic mass is 10.1. The second-order valence-corrected chi connectivity index (χ2v) is 7.88. The fraction of sp³-hybridized carbons (Fsp3) is 0.480. The molecule has 0 bridgehead atoms. The Morgan fingerprint density at radius 3 is 2.17 bits per heavy atom. The van der Waals surface area contributed by atoms with Gasteiger partial charge in [-0.25, -0.2) is 0 Å². The molecule has 1 atom stereocenters. The molecule has 1 unspecified atom stereocenters. The summed E-state index contributed by atoms with van der Waals surface area (Å²) >= 11 is 0. The van der Waals surface area contributed by atoms with Crippen LogP contribution in [0.3, 0.4) is 0 Å². The first-order valence-electron chi connectivity index (χ1n) is 11.0. The van der Waals surface area contributed by atoms with Crippen molar-refractivity contribution in [3.05, 3.63) is 65.2 Å². The number of ether oxygens (including phenoxy) is 1. The molecule has 1 aliphatic heterocycles. The van der Waals surface area contributed by atoms with Gasteiger partial charge < -0.3 is 10.1 Å². The van der Waals surface area contributed by atoms with E-state index in [1.807, 2.05) is 31.2 Å². The van der Waals surface area contributed by atoms with Crippen LogP contribution in [0.15, 0.2) is 48.5 Å². The van der Waals surface area contributed by atoms with Gasteiger partial charge in [-0.15, -0.1) is 0 Å². The van der Waals surface area contributed by atoms with Gasteiger partial charge in [0.25, 0.3) is 5.91 Å². The lowest BCUT2D eigenvalue weighted by Gasteiger charge is -2.26. The third kappa shape index (κ3) is 6.60. The van der Waals surface area contributed by atoms with Gasteiger partial charge in [0.15, 0.2) is 6.10 Å². The normalized spacial score (nSPS) is 15.7. The van der Waals surface area contributed by atoms with Gasteiger partial charge in [0.2, 0.25) is 0 Å². The average Bonchev–Trinajstić information content (AvgIpc) is 2.78. The highest BCUT2D eigenvalue weighted by atomic mass is 16.5. The van der Waals surface area contributed by atoms with Crippen LogP contribution in [-0.2, 0) is 24.3 Å². The zero-order chi connectivity index (χ0) is 20.5. The lowest BCUT2D eigenvalue weighted by Crippen LogP contribution is -2.37. The predicted octanol–water partition coefficient (Wildman–Crippen LogP) is 4.71. The SMILES string of the molecule is CCc1ccc(OC(CC)C(=O)NCc2ccc(CN3CCCCC3)cc2)cc1. The first-order chi connectivity index (χ1) is 14.2. The van der Waals surface area contributed by atoms with E-state index in [2.05, 4.69) is 41.4 Å². The van der Waals surface area contributed by atoms with E-state index in [9.17, 15) is 4.79 Å². The van der Waals surface area contributed by atoms with Crippen molar-refractivity contribution in [2.75, 3.05) is 13.1 Å². The minimum Gasteiger partial charge on any atom is -0.481 e. The van der Waals surface area contributed by atoms with Crippen LogP contribution in [0.4, 0.5) is 0 Å². The summed E-state index contributed by atoms with van der Waals surface area (Å²) in [5.41, 5.74) is 3.72. The molecule has 4 nitrogen and oxygen atoms in total. The fourth-order valence-electron chi connectivity index (χ4n) is 3.73. The molecule has 2 aromatic carbocycles. The highest BCUT2D eigenvalue weighted by Gasteiger charge is 2.18. The van der Waals surface area contributed by atoms with Gasteiger partial charge in [-0.1, -0.05) is 56.7 Å². The van der Waals surface area contributed by atoms with Crippen LogP contribution < -0.4 is 10.1 Å². The summed E-state index contributed by atoms with van der Waals surface area (Å²) in [5, 5.41) is 3.02. The van der Waals surface area contributed by atoms with E-state index in [4.69, 9.17) is 4.74 Å². The molecule has 3 rings (SSSR count). The molecule has 1 N–H and O–H groups in total. The van der Waals surface area contributed by atoms with Crippen LogP contribution in [0.2, 0.25) is 0 Å². The van der Waals surface area contributed by atoms with Crippen molar-refractivity contribution in [1.82, 2.24) is 10.2 Å². The summed E-state index contributed by atoms with van der Waals surface area (Å²) in [6, 6.07) is 16.6. The number of nitrogens with zero attached hydrogens (tertiary/aromatic N) is 1. The standard InChI is InChI=1S/C25H34N2O2/c1-3-20-12-14-23(15-13-20)29-24(4-2)25(28)26-18-21-8-10-22(11-9-21)19-27-16-6-5-7-17-27/h8-15,24H,3-7,16-19H2,1-2H3,(H,26,28). The van der Waals surface area contributed by atoms with Crippen molar-refractivity contribution in [2.45, 2.75) is 65.1 Å². The van der Waals surface area contributed by atoms with Crippen molar-refractivity contribution < 1.29 is 9.53 Å². The molecule has 0 aromatic heterocycles. The number of rotatable bonds is 9. The molecule has 2 aromatic rings. The number of aryl methyl sites for hydroxylation is 1. The van der Waals surface area contributed by atoms with Crippen molar-refractivity contribution in [3.63, 3.8) is 0 Å². The second kappa shape index (κ2) is 11.0. The van der Waals surface area contributed by atoms with Crippen LogP contribution in [-0.4, -0.2) is 30.0 Å². The van der Waals surface area contributed by atoms with E-state index < -0.39 is 6.10 Å². The number of piperidine rings is 1. The molecule has 1 heterocycles. The second-order valence-electron chi connectivity index (χ2n) is 7.88. The Kier molecular flexibility index (Phi) is 8.12. The molecule has 1 amide bonds. The quantitative estimate of drug-likeness (QED) is 0.670. The number of amides is 1. The van der Waals surface area contributed by atoms with Crippen LogP contribution in [0.1, 0.15) is 56.2 Å². The molecule has 29 heavy (non-hydrogen) atoms. The zero-order valence-corrected chi connectivity index (χ0v) is 17.8. The van der Waals surface area contributed by atoms with E-state index >= 15 is 0 Å². The molecule has 1 aliphatic rings. The van der Waals surface area contributed by atoms with Crippen LogP contribution in [0.25, 0.3) is 0 Å². The molecule has 0 spiro atoms. The van der Waals surface area contributed by atoms with Gasteiger partial charge in [0, 0.05) is 13.1 Å². The Morgan fingerprint density at radius 1 is 0.931 bits per heavy atom. The smallest absolute Gasteiger partial charge is 0.261 e. The maximum atomic E-state index is 12.6. The van der Waals surface area contributed by atoms with Gasteiger partial charge in [-0.3, -0.25) is 9.69 Å². The molecular formula is C25H34N2O2. The van der Waals surface area contributed by atoms with Gasteiger partial charge >= 0.3 is 0 Å². The summed E-state index contributed by atoms with van der Waals surface area (Å²) in [6.45, 7) is 8.06. The third-order valence-corrected chi connectivity index (χ3v) is 5.62. The minimum absolute atomic E-state index is 0.0653. The monoisotopic (exact) mass is 394 g/mol. The van der Waals surface area contributed by atoms with E-state index in [1.165, 1.54) is 43.5 Å². The lowest BCUT2D eigenvalue weighted by molar-refractivity contribution is -0.128. The van der Waals surface area contributed by atoms with Crippen LogP contribution in [0.5, 0.6) is 5.75 Å². The first kappa shape index (κ1) is 21.4. The summed E-state index contributed by atoms with van der Waals surface area (Å²) in [7, 11) is 0. The van der Waals surface area contributed by atoms with Crippen molar-refractivity contribution in [1.29, 1.82) is 0 Å². The maximum absolute atomic E-state index is 12.6. The maximum Gasteiger partial charge on any atom is 0.261 e. The highest BCUT2D eigenvalue weighted by Crippen LogP contribution is 2.16. The Bertz CT molecular complexity index is 749. The van der Waals surface area contributed by atoms with Gasteiger partial charge in [0.05, 0.1) is 0 Å². The summed E-state index contributed by atoms with van der Waals surface area (Å²) < 4.78 is 5.90. The number of likely N-dealkylation sites (tertiary alicyclic amines) is 1. The first-order valence-corrected chi connectivity index (χ1v) is 11.0. The Labute approximate surface area is 175 Å². The molecule has 0 radical (unpaired) electrons. The third-order valence-electron chi connectivity index (χ3n) is 5.62. The van der Waals surface area contributed by atoms with Crippen molar-refractivity contribution >= 4 is 5.91 Å². The topological polar surface area (TPSA) is 41.6 Å². The summed E-state index contributed by atoms with van der Waals surface area (Å²) in [4.78, 5) is 15.1. The van der Waals surface area contributed by atoms with Gasteiger partial charge in [-0.05, 0) is 67.6 Å². The molecule has 0 aliphatic carbocycles. The number of benzene rings is 2. The minimum atomic E-state index is -0.471. The van der Waals surface area contributed by atoms with Crippen LogP contribution in [0, 0.1) is 0 Å². The number of nitrogens with one attached hydrogen (secondary N) is 1. The van der Waals surface area contributed by atoms with E-state index in [-0.39, 0.29) is 5.91 Å². The number of hydrogen-bond acceptors (Lipinski definition) is 3. The van der Waals surface area contributed by atoms with E-state index in [0.717, 1.165) is 24.3 Å². The summed E-state index contributed by atoms with van der Waals surface area (Å²) in [6.07, 6.45) is 5.15. The van der Waals surface area contributed by atoms with Crippen molar-refractivity contribution in [2.24, 2.45) is 0 Å². The number of carbonyl (C=O) groups excluding carboxylic acids is 1. The number of hydrogen-bond donors (Lipinski definition) is 1. The van der Waals surface area contributed by atoms with Crippen LogP contribution >= 0.6 is 0 Å². The molecule has 1 saturated heterocycles. The Hall–Kier alpha value is -2.33. The van der Waals surface area contributed by atoms with Gasteiger partial charge in [-0.2, -0.15) is 0 Å². The number of carbonyl (C=O) groups is 1. The largest absolute Gasteiger partial charge is 0.481 e. The van der Waals surface area contributed by atoms with E-state index in [0.29, 0.717) is 13.0 Å². The molecule has 156 valence electrons. The predicted molar refractivity (Wildman–Crippen MR) is 118 cm³/mol. The Balaban J connectivity index is 1.47. The molecule has 4 heteroatoms. The highest BCUT2D eigenvalue weighted by molar-refractivity contribution is 5.81. The Morgan fingerprint density at radius 2 is 1.55 bits per heavy atom. The van der Waals surface area contributed by atoms with Crippen molar-refractivity contribution in [3.8, 4) is 5.75 Å².